The lowest BCUT2D eigenvalue weighted by atomic mass is 9.69. The van der Waals surface area contributed by atoms with Crippen molar-refractivity contribution in [3.05, 3.63) is 68.5 Å². The van der Waals surface area contributed by atoms with Gasteiger partial charge >= 0.3 is 0 Å². The predicted octanol–water partition coefficient (Wildman–Crippen LogP) is 5.22. The van der Waals surface area contributed by atoms with Crippen LogP contribution in [0.4, 0.5) is 11.5 Å². The molecule has 160 valence electrons. The van der Waals surface area contributed by atoms with Crippen LogP contribution in [0.15, 0.2) is 41.7 Å². The molecule has 7 heteroatoms. The summed E-state index contributed by atoms with van der Waals surface area (Å²) >= 11 is 0. The van der Waals surface area contributed by atoms with Crippen molar-refractivity contribution in [1.29, 1.82) is 5.26 Å². The minimum absolute atomic E-state index is 0.00372. The summed E-state index contributed by atoms with van der Waals surface area (Å²) in [5, 5.41) is 24.6. The Balaban J connectivity index is 2.00. The molecule has 0 radical (unpaired) electrons. The molecule has 0 unspecified atom stereocenters. The van der Waals surface area contributed by atoms with Crippen molar-refractivity contribution in [1.82, 2.24) is 4.57 Å². The van der Waals surface area contributed by atoms with E-state index in [4.69, 9.17) is 0 Å². The van der Waals surface area contributed by atoms with Gasteiger partial charge in [0.1, 0.15) is 11.9 Å². The van der Waals surface area contributed by atoms with Gasteiger partial charge in [-0.2, -0.15) is 5.26 Å². The summed E-state index contributed by atoms with van der Waals surface area (Å²) in [6.07, 6.45) is 2.98. The predicted molar refractivity (Wildman–Crippen MR) is 118 cm³/mol. The van der Waals surface area contributed by atoms with Gasteiger partial charge < -0.3 is 9.88 Å². The third-order valence-corrected chi connectivity index (χ3v) is 6.09. The Morgan fingerprint density at radius 1 is 1.23 bits per heavy atom. The fourth-order valence-electron chi connectivity index (χ4n) is 4.75. The van der Waals surface area contributed by atoms with Gasteiger partial charge in [-0.3, -0.25) is 14.9 Å². The Morgan fingerprint density at radius 3 is 2.42 bits per heavy atom. The highest BCUT2D eigenvalue weighted by molar-refractivity contribution is 6.01. The van der Waals surface area contributed by atoms with Gasteiger partial charge in [0.2, 0.25) is 0 Å². The van der Waals surface area contributed by atoms with Crippen molar-refractivity contribution >= 4 is 17.3 Å². The van der Waals surface area contributed by atoms with Gasteiger partial charge in [-0.25, -0.2) is 0 Å². The van der Waals surface area contributed by atoms with E-state index in [1.54, 1.807) is 12.1 Å². The lowest BCUT2D eigenvalue weighted by molar-refractivity contribution is -0.384. The summed E-state index contributed by atoms with van der Waals surface area (Å²) in [6, 6.07) is 8.62. The number of Topliss-reactive ketones (excluding diaryl/α,β-unsaturated/α-hetero) is 1. The Morgan fingerprint density at radius 2 is 1.87 bits per heavy atom. The molecule has 0 spiro atoms. The maximum absolute atomic E-state index is 13.3. The zero-order chi connectivity index (χ0) is 22.7. The molecule has 1 aliphatic carbocycles. The molecule has 0 fully saturated rings. The molecule has 31 heavy (non-hydrogen) atoms. The number of carbonyl (C=O) groups is 1. The number of carbonyl (C=O) groups excluding carboxylic acids is 1. The lowest BCUT2D eigenvalue weighted by Gasteiger charge is -2.40. The van der Waals surface area contributed by atoms with Crippen LogP contribution in [0.25, 0.3) is 0 Å². The number of hydrogen-bond acceptors (Lipinski definition) is 5. The fraction of sp³-hybridized carbons (Fsp3) is 0.417. The first-order chi connectivity index (χ1) is 14.4. The van der Waals surface area contributed by atoms with E-state index in [-0.39, 0.29) is 22.4 Å². The maximum atomic E-state index is 13.3. The molecular weight excluding hydrogens is 392 g/mol. The molecule has 2 heterocycles. The molecule has 4 rings (SSSR count). The van der Waals surface area contributed by atoms with Crippen LogP contribution in [-0.2, 0) is 10.3 Å². The van der Waals surface area contributed by atoms with E-state index < -0.39 is 10.8 Å². The third kappa shape index (κ3) is 3.42. The van der Waals surface area contributed by atoms with Crippen molar-refractivity contribution in [3.8, 4) is 6.07 Å². The molecule has 1 aromatic carbocycles. The number of fused-ring (bicyclic) bond motifs is 1. The van der Waals surface area contributed by atoms with Crippen molar-refractivity contribution in [2.24, 2.45) is 5.41 Å². The number of non-ortho nitro benzene ring substituents is 1. The molecule has 0 saturated heterocycles. The van der Waals surface area contributed by atoms with Gasteiger partial charge in [-0.15, -0.1) is 0 Å². The first-order valence-corrected chi connectivity index (χ1v) is 10.4. The molecular formula is C24H26N4O3. The summed E-state index contributed by atoms with van der Waals surface area (Å²) < 4.78 is 2.05. The van der Waals surface area contributed by atoms with E-state index in [1.165, 1.54) is 12.1 Å². The first kappa shape index (κ1) is 20.9. The van der Waals surface area contributed by atoms with Gasteiger partial charge in [0.15, 0.2) is 5.78 Å². The SMILES string of the molecule is CC1(C)CC(=O)C2=C(C1)Nc1c(c(C#N)cn1C(C)(C)C)[C@H]2c1ccc([N+](=O)[O-])cc1. The summed E-state index contributed by atoms with van der Waals surface area (Å²) in [6.45, 7) is 10.4. The number of nitrogens with one attached hydrogen (secondary N) is 1. The van der Waals surface area contributed by atoms with Crippen molar-refractivity contribution in [3.63, 3.8) is 0 Å². The molecule has 0 saturated carbocycles. The molecule has 0 bridgehead atoms. The molecule has 2 aromatic rings. The summed E-state index contributed by atoms with van der Waals surface area (Å²) in [5.74, 6) is 0.436. The number of nitro benzene ring substituents is 1. The van der Waals surface area contributed by atoms with Crippen LogP contribution in [0.2, 0.25) is 0 Å². The largest absolute Gasteiger partial charge is 0.344 e. The number of benzene rings is 1. The zero-order valence-electron chi connectivity index (χ0n) is 18.4. The van der Waals surface area contributed by atoms with Crippen molar-refractivity contribution in [2.45, 2.75) is 58.9 Å². The standard InChI is InChI=1S/C24H26N4O3/c1-23(2,3)27-13-15(12-25)20-19(14-6-8-16(9-7-14)28(30)31)21-17(26-22(20)27)10-24(4,5)11-18(21)29/h6-9,13,19,26H,10-11H2,1-5H3/t19-/m1/s1. The van der Waals surface area contributed by atoms with E-state index in [1.807, 2.05) is 6.20 Å². The second kappa shape index (κ2) is 6.81. The number of nitriles is 1. The first-order valence-electron chi connectivity index (χ1n) is 10.4. The van der Waals surface area contributed by atoms with Gasteiger partial charge in [-0.05, 0) is 38.2 Å². The van der Waals surface area contributed by atoms with Gasteiger partial charge in [-0.1, -0.05) is 26.0 Å². The fourth-order valence-corrected chi connectivity index (χ4v) is 4.75. The summed E-state index contributed by atoms with van der Waals surface area (Å²) in [5.41, 5.74) is 3.14. The average molecular weight is 418 g/mol. The normalized spacial score (nSPS) is 19.9. The number of anilines is 1. The Hall–Kier alpha value is -3.40. The van der Waals surface area contributed by atoms with Crippen molar-refractivity contribution in [2.75, 3.05) is 5.32 Å². The van der Waals surface area contributed by atoms with Crippen LogP contribution < -0.4 is 5.32 Å². The topological polar surface area (TPSA) is 101 Å². The monoisotopic (exact) mass is 418 g/mol. The molecule has 1 aliphatic heterocycles. The molecule has 1 atom stereocenters. The number of rotatable bonds is 2. The number of hydrogen-bond donors (Lipinski definition) is 1. The third-order valence-electron chi connectivity index (χ3n) is 6.09. The van der Waals surface area contributed by atoms with Crippen LogP contribution in [-0.4, -0.2) is 15.3 Å². The van der Waals surface area contributed by atoms with Gasteiger partial charge in [0.05, 0.1) is 10.5 Å². The summed E-state index contributed by atoms with van der Waals surface area (Å²) in [4.78, 5) is 24.0. The van der Waals surface area contributed by atoms with Crippen LogP contribution in [0.3, 0.4) is 0 Å². The Kier molecular flexibility index (Phi) is 4.58. The Bertz CT molecular complexity index is 1170. The number of nitrogens with zero attached hydrogens (tertiary/aromatic N) is 3. The highest BCUT2D eigenvalue weighted by Gasteiger charge is 2.43. The van der Waals surface area contributed by atoms with E-state index in [0.29, 0.717) is 24.0 Å². The highest BCUT2D eigenvalue weighted by Crippen LogP contribution is 2.51. The highest BCUT2D eigenvalue weighted by atomic mass is 16.6. The van der Waals surface area contributed by atoms with Gasteiger partial charge in [0.25, 0.3) is 5.69 Å². The smallest absolute Gasteiger partial charge is 0.269 e. The molecule has 1 aromatic heterocycles. The number of aromatic nitrogens is 1. The Labute approximate surface area is 181 Å². The van der Waals surface area contributed by atoms with E-state index in [9.17, 15) is 20.2 Å². The molecule has 1 N–H and O–H groups in total. The van der Waals surface area contributed by atoms with Crippen LogP contribution >= 0.6 is 0 Å². The molecule has 0 amide bonds. The number of nitro groups is 1. The van der Waals surface area contributed by atoms with E-state index >= 15 is 0 Å². The lowest BCUT2D eigenvalue weighted by Crippen LogP contribution is -2.35. The molecule has 2 aliphatic rings. The van der Waals surface area contributed by atoms with Gasteiger partial charge in [0, 0.05) is 53.0 Å². The minimum Gasteiger partial charge on any atom is -0.344 e. The molecule has 7 nitrogen and oxygen atoms in total. The van der Waals surface area contributed by atoms with Crippen LogP contribution in [0, 0.1) is 26.9 Å². The van der Waals surface area contributed by atoms with Crippen molar-refractivity contribution < 1.29 is 9.72 Å². The second-order valence-corrected chi connectivity index (χ2v) is 10.2. The second-order valence-electron chi connectivity index (χ2n) is 10.2. The quantitative estimate of drug-likeness (QED) is 0.532. The van der Waals surface area contributed by atoms with Crippen LogP contribution in [0.1, 0.15) is 70.1 Å². The van der Waals surface area contributed by atoms with E-state index in [0.717, 1.165) is 22.6 Å². The van der Waals surface area contributed by atoms with E-state index in [2.05, 4.69) is 50.6 Å². The maximum Gasteiger partial charge on any atom is 0.269 e. The minimum atomic E-state index is -0.437. The number of ketones is 1. The number of allylic oxidation sites excluding steroid dienone is 2. The van der Waals surface area contributed by atoms with Crippen LogP contribution in [0.5, 0.6) is 0 Å². The summed E-state index contributed by atoms with van der Waals surface area (Å²) in [7, 11) is 0. The average Bonchev–Trinajstić information content (AvgIpc) is 3.04. The zero-order valence-corrected chi connectivity index (χ0v) is 18.4.